The van der Waals surface area contributed by atoms with Gasteiger partial charge in [0.1, 0.15) is 5.69 Å². The summed E-state index contributed by atoms with van der Waals surface area (Å²) in [4.78, 5) is 27.1. The normalized spacial score (nSPS) is 10.5. The molecular formula is C20H20ClN5O. The minimum Gasteiger partial charge on any atom is -0.344 e. The van der Waals surface area contributed by atoms with Crippen molar-refractivity contribution in [1.82, 2.24) is 15.0 Å². The molecule has 0 bridgehead atoms. The predicted molar refractivity (Wildman–Crippen MR) is 107 cm³/mol. The molecule has 0 atom stereocenters. The van der Waals surface area contributed by atoms with Gasteiger partial charge in [0.2, 0.25) is 5.95 Å². The first-order chi connectivity index (χ1) is 13.0. The lowest BCUT2D eigenvalue weighted by Crippen LogP contribution is -2.24. The lowest BCUT2D eigenvalue weighted by atomic mass is 10.2. The van der Waals surface area contributed by atoms with Crippen LogP contribution >= 0.6 is 11.6 Å². The summed E-state index contributed by atoms with van der Waals surface area (Å²) < 4.78 is 0. The average Bonchev–Trinajstić information content (AvgIpc) is 2.70. The van der Waals surface area contributed by atoms with Crippen LogP contribution in [0.4, 0.5) is 11.6 Å². The molecule has 27 heavy (non-hydrogen) atoms. The zero-order valence-corrected chi connectivity index (χ0v) is 15.9. The summed E-state index contributed by atoms with van der Waals surface area (Å²) in [5.41, 5.74) is 3.06. The van der Waals surface area contributed by atoms with E-state index >= 15 is 0 Å². The fraction of sp³-hybridized carbons (Fsp3) is 0.200. The summed E-state index contributed by atoms with van der Waals surface area (Å²) in [6, 6.07) is 10.9. The van der Waals surface area contributed by atoms with Gasteiger partial charge >= 0.3 is 0 Å². The van der Waals surface area contributed by atoms with E-state index in [2.05, 4.69) is 20.3 Å². The number of rotatable bonds is 6. The van der Waals surface area contributed by atoms with Crippen LogP contribution in [0, 0.1) is 6.92 Å². The van der Waals surface area contributed by atoms with Crippen LogP contribution in [0.1, 0.15) is 21.6 Å². The average molecular weight is 382 g/mol. The molecule has 3 rings (SSSR count). The molecule has 0 saturated carbocycles. The number of hydrogen-bond acceptors (Lipinski definition) is 5. The van der Waals surface area contributed by atoms with E-state index in [4.69, 9.17) is 11.6 Å². The van der Waals surface area contributed by atoms with Crippen molar-refractivity contribution in [3.8, 4) is 0 Å². The van der Waals surface area contributed by atoms with E-state index in [1.807, 2.05) is 43.1 Å². The van der Waals surface area contributed by atoms with Crippen LogP contribution in [0.2, 0.25) is 5.02 Å². The maximum Gasteiger partial charge on any atom is 0.274 e. The van der Waals surface area contributed by atoms with E-state index in [9.17, 15) is 4.79 Å². The number of likely N-dealkylation sites (N-methyl/N-ethyl adjacent to an activating group) is 1. The van der Waals surface area contributed by atoms with E-state index in [1.165, 1.54) is 5.56 Å². The maximum atomic E-state index is 12.5. The molecule has 0 fully saturated rings. The molecule has 1 aromatic carbocycles. The number of aryl methyl sites for hydroxylation is 1. The van der Waals surface area contributed by atoms with E-state index in [1.54, 1.807) is 30.7 Å². The van der Waals surface area contributed by atoms with Crippen molar-refractivity contribution < 1.29 is 4.79 Å². The van der Waals surface area contributed by atoms with E-state index in [-0.39, 0.29) is 5.91 Å². The fourth-order valence-electron chi connectivity index (χ4n) is 2.47. The van der Waals surface area contributed by atoms with Gasteiger partial charge in [-0.1, -0.05) is 17.7 Å². The van der Waals surface area contributed by atoms with Gasteiger partial charge in [-0.05, 0) is 54.8 Å². The number of anilines is 2. The smallest absolute Gasteiger partial charge is 0.274 e. The van der Waals surface area contributed by atoms with E-state index < -0.39 is 0 Å². The number of nitrogens with one attached hydrogen (secondary N) is 1. The Morgan fingerprint density at radius 3 is 2.67 bits per heavy atom. The summed E-state index contributed by atoms with van der Waals surface area (Å²) in [6.07, 6.45) is 5.96. The third kappa shape index (κ3) is 5.01. The topological polar surface area (TPSA) is 71.0 Å². The zero-order chi connectivity index (χ0) is 19.2. The number of carbonyl (C=O) groups excluding carboxylic acids is 1. The number of pyridine rings is 1. The number of amides is 1. The Bertz CT molecular complexity index is 933. The summed E-state index contributed by atoms with van der Waals surface area (Å²) in [5, 5.41) is 3.41. The Hall–Kier alpha value is -2.99. The molecule has 1 amide bonds. The van der Waals surface area contributed by atoms with Gasteiger partial charge in [-0.3, -0.25) is 9.78 Å². The Balaban J connectivity index is 1.66. The molecule has 2 heterocycles. The monoisotopic (exact) mass is 381 g/mol. The zero-order valence-electron chi connectivity index (χ0n) is 15.2. The van der Waals surface area contributed by atoms with Crippen LogP contribution in [0.5, 0.6) is 0 Å². The van der Waals surface area contributed by atoms with Crippen molar-refractivity contribution in [3.63, 3.8) is 0 Å². The largest absolute Gasteiger partial charge is 0.344 e. The summed E-state index contributed by atoms with van der Waals surface area (Å²) in [5.74, 6) is 0.194. The second kappa shape index (κ2) is 8.60. The van der Waals surface area contributed by atoms with Crippen LogP contribution in [0.25, 0.3) is 0 Å². The van der Waals surface area contributed by atoms with Crippen LogP contribution in [0.15, 0.2) is 55.0 Å². The number of nitrogens with zero attached hydrogens (tertiary/aromatic N) is 4. The molecule has 0 aliphatic rings. The molecule has 6 nitrogen and oxygen atoms in total. The highest BCUT2D eigenvalue weighted by molar-refractivity contribution is 6.31. The predicted octanol–water partition coefficient (Wildman–Crippen LogP) is 3.76. The van der Waals surface area contributed by atoms with Crippen molar-refractivity contribution in [2.24, 2.45) is 0 Å². The number of aromatic nitrogens is 3. The number of benzene rings is 1. The molecule has 138 valence electrons. The van der Waals surface area contributed by atoms with Gasteiger partial charge in [0.15, 0.2) is 0 Å². The first kappa shape index (κ1) is 18.8. The van der Waals surface area contributed by atoms with Gasteiger partial charge in [0.25, 0.3) is 5.91 Å². The molecule has 0 unspecified atom stereocenters. The molecule has 0 radical (unpaired) electrons. The van der Waals surface area contributed by atoms with Crippen molar-refractivity contribution in [1.29, 1.82) is 0 Å². The molecule has 7 heteroatoms. The van der Waals surface area contributed by atoms with Gasteiger partial charge < -0.3 is 10.2 Å². The van der Waals surface area contributed by atoms with Gasteiger partial charge in [-0.15, -0.1) is 0 Å². The second-order valence-corrected chi connectivity index (χ2v) is 6.59. The Morgan fingerprint density at radius 1 is 1.15 bits per heavy atom. The van der Waals surface area contributed by atoms with Gasteiger partial charge in [-0.2, -0.15) is 0 Å². The molecule has 3 aromatic rings. The summed E-state index contributed by atoms with van der Waals surface area (Å²) >= 11 is 6.11. The molecule has 0 aliphatic carbocycles. The molecule has 0 spiro atoms. The van der Waals surface area contributed by atoms with Crippen molar-refractivity contribution >= 4 is 29.1 Å². The third-order valence-electron chi connectivity index (χ3n) is 4.13. The quantitative estimate of drug-likeness (QED) is 0.703. The molecular weight excluding hydrogens is 362 g/mol. The second-order valence-electron chi connectivity index (χ2n) is 6.19. The Kier molecular flexibility index (Phi) is 5.98. The molecule has 0 saturated heterocycles. The standard InChI is InChI=1S/C20H20ClN5O/c1-14-3-4-16(13-17(14)21)24-19(27)18-7-11-23-20(25-18)26(2)12-8-15-5-9-22-10-6-15/h3-7,9-11,13H,8,12H2,1-2H3,(H,24,27). The first-order valence-electron chi connectivity index (χ1n) is 8.53. The number of carbonyl (C=O) groups is 1. The first-order valence-corrected chi connectivity index (χ1v) is 8.91. The maximum absolute atomic E-state index is 12.5. The third-order valence-corrected chi connectivity index (χ3v) is 4.54. The number of halogens is 1. The van der Waals surface area contributed by atoms with Gasteiger partial charge in [0.05, 0.1) is 0 Å². The van der Waals surface area contributed by atoms with E-state index in [0.29, 0.717) is 22.4 Å². The van der Waals surface area contributed by atoms with Gasteiger partial charge in [0, 0.05) is 42.9 Å². The molecule has 0 aliphatic heterocycles. The van der Waals surface area contributed by atoms with Crippen LogP contribution in [-0.4, -0.2) is 34.5 Å². The SMILES string of the molecule is Cc1ccc(NC(=O)c2ccnc(N(C)CCc3ccncc3)n2)cc1Cl. The van der Waals surface area contributed by atoms with Gasteiger partial charge in [-0.25, -0.2) is 9.97 Å². The van der Waals surface area contributed by atoms with Crippen LogP contribution < -0.4 is 10.2 Å². The minimum atomic E-state index is -0.305. The lowest BCUT2D eigenvalue weighted by Gasteiger charge is -2.17. The highest BCUT2D eigenvalue weighted by atomic mass is 35.5. The molecule has 2 aromatic heterocycles. The summed E-state index contributed by atoms with van der Waals surface area (Å²) in [7, 11) is 1.90. The highest BCUT2D eigenvalue weighted by Crippen LogP contribution is 2.20. The van der Waals surface area contributed by atoms with Crippen LogP contribution in [0.3, 0.4) is 0 Å². The van der Waals surface area contributed by atoms with Crippen molar-refractivity contribution in [2.45, 2.75) is 13.3 Å². The summed E-state index contributed by atoms with van der Waals surface area (Å²) in [6.45, 7) is 2.63. The highest BCUT2D eigenvalue weighted by Gasteiger charge is 2.12. The Morgan fingerprint density at radius 2 is 1.93 bits per heavy atom. The molecule has 1 N–H and O–H groups in total. The Labute approximate surface area is 163 Å². The fourth-order valence-corrected chi connectivity index (χ4v) is 2.65. The van der Waals surface area contributed by atoms with E-state index in [0.717, 1.165) is 18.5 Å². The number of hydrogen-bond donors (Lipinski definition) is 1. The minimum absolute atomic E-state index is 0.299. The van der Waals surface area contributed by atoms with Crippen molar-refractivity contribution in [2.75, 3.05) is 23.8 Å². The van der Waals surface area contributed by atoms with Crippen molar-refractivity contribution in [3.05, 3.63) is 76.8 Å². The lowest BCUT2D eigenvalue weighted by molar-refractivity contribution is 0.102. The van der Waals surface area contributed by atoms with Crippen LogP contribution in [-0.2, 0) is 6.42 Å².